The molecule has 2 aromatic heterocycles. The van der Waals surface area contributed by atoms with Crippen LogP contribution in [0.1, 0.15) is 30.8 Å². The van der Waals surface area contributed by atoms with Gasteiger partial charge in [0.25, 0.3) is 11.6 Å². The molecule has 2 bridgehead atoms. The molecule has 2 saturated carbocycles. The summed E-state index contributed by atoms with van der Waals surface area (Å²) in [6.07, 6.45) is -0.736. The van der Waals surface area contributed by atoms with Crippen LogP contribution in [0.4, 0.5) is 19.0 Å². The van der Waals surface area contributed by atoms with Gasteiger partial charge in [0.2, 0.25) is 0 Å². The zero-order chi connectivity index (χ0) is 15.9. The standard InChI is InChI=1S/C15H16F3N5/c1-7-4-11(22-6-10-8-2-3-9(5-8)12(10)22)23-14(19-7)20-13(21-23)15(16,17)18/h4,8-10,12H,2-3,5-6H2,1H3. The van der Waals surface area contributed by atoms with Crippen molar-refractivity contribution in [3.8, 4) is 0 Å². The third kappa shape index (κ3) is 1.77. The van der Waals surface area contributed by atoms with Crippen LogP contribution in [0.25, 0.3) is 5.78 Å². The molecule has 2 aliphatic carbocycles. The number of alkyl halides is 3. The van der Waals surface area contributed by atoms with Crippen LogP contribution in [0.5, 0.6) is 0 Å². The van der Waals surface area contributed by atoms with Gasteiger partial charge >= 0.3 is 6.18 Å². The molecular formula is C15H16F3N5. The van der Waals surface area contributed by atoms with E-state index >= 15 is 0 Å². The Kier molecular flexibility index (Phi) is 2.45. The fraction of sp³-hybridized carbons (Fsp3) is 0.667. The zero-order valence-electron chi connectivity index (χ0n) is 12.6. The molecule has 0 amide bonds. The van der Waals surface area contributed by atoms with E-state index in [1.807, 2.05) is 6.07 Å². The lowest BCUT2D eigenvalue weighted by molar-refractivity contribution is -0.144. The Bertz CT molecular complexity index is 796. The molecule has 1 saturated heterocycles. The van der Waals surface area contributed by atoms with Crippen molar-refractivity contribution in [2.24, 2.45) is 17.8 Å². The molecule has 4 unspecified atom stereocenters. The van der Waals surface area contributed by atoms with Crippen LogP contribution in [0.2, 0.25) is 0 Å². The molecule has 122 valence electrons. The van der Waals surface area contributed by atoms with Crippen LogP contribution >= 0.6 is 0 Å². The third-order valence-corrected chi connectivity index (χ3v) is 5.78. The number of hydrogen-bond acceptors (Lipinski definition) is 4. The lowest BCUT2D eigenvalue weighted by Gasteiger charge is -2.51. The predicted molar refractivity (Wildman–Crippen MR) is 76.0 cm³/mol. The summed E-state index contributed by atoms with van der Waals surface area (Å²) in [5, 5.41) is 3.68. The lowest BCUT2D eigenvalue weighted by Crippen LogP contribution is -2.59. The SMILES string of the molecule is Cc1cc(N2CC3C4CCC(C4)C32)n2nc(C(F)(F)F)nc2n1. The fourth-order valence-electron chi connectivity index (χ4n) is 4.87. The maximum absolute atomic E-state index is 12.9. The van der Waals surface area contributed by atoms with Gasteiger partial charge in [0.05, 0.1) is 0 Å². The van der Waals surface area contributed by atoms with E-state index < -0.39 is 12.0 Å². The highest BCUT2D eigenvalue weighted by Gasteiger charge is 2.57. The van der Waals surface area contributed by atoms with Crippen LogP contribution in [-0.4, -0.2) is 32.2 Å². The number of aromatic nitrogens is 4. The summed E-state index contributed by atoms with van der Waals surface area (Å²) in [6.45, 7) is 2.69. The van der Waals surface area contributed by atoms with Crippen molar-refractivity contribution >= 4 is 11.6 Å². The Labute approximate surface area is 130 Å². The summed E-state index contributed by atoms with van der Waals surface area (Å²) in [5.41, 5.74) is 0.667. The number of hydrogen-bond donors (Lipinski definition) is 0. The first-order chi connectivity index (χ1) is 10.9. The molecule has 3 aliphatic rings. The Morgan fingerprint density at radius 2 is 1.96 bits per heavy atom. The lowest BCUT2D eigenvalue weighted by atomic mass is 9.77. The number of halogens is 3. The largest absolute Gasteiger partial charge is 0.453 e. The van der Waals surface area contributed by atoms with E-state index in [-0.39, 0.29) is 5.78 Å². The molecule has 8 heteroatoms. The Morgan fingerprint density at radius 1 is 1.17 bits per heavy atom. The summed E-state index contributed by atoms with van der Waals surface area (Å²) in [5.74, 6) is 1.78. The van der Waals surface area contributed by atoms with E-state index in [9.17, 15) is 13.2 Å². The van der Waals surface area contributed by atoms with Crippen molar-refractivity contribution in [1.29, 1.82) is 0 Å². The van der Waals surface area contributed by atoms with Gasteiger partial charge in [-0.15, -0.1) is 5.10 Å². The van der Waals surface area contributed by atoms with E-state index in [0.29, 0.717) is 29.4 Å². The van der Waals surface area contributed by atoms with Gasteiger partial charge in [0, 0.05) is 24.3 Å². The van der Waals surface area contributed by atoms with E-state index in [1.54, 1.807) is 6.92 Å². The van der Waals surface area contributed by atoms with Gasteiger partial charge in [-0.3, -0.25) is 0 Å². The molecule has 23 heavy (non-hydrogen) atoms. The number of aryl methyl sites for hydroxylation is 1. The highest BCUT2D eigenvalue weighted by Crippen LogP contribution is 2.56. The van der Waals surface area contributed by atoms with Gasteiger partial charge < -0.3 is 4.90 Å². The average molecular weight is 323 g/mol. The maximum Gasteiger partial charge on any atom is 0.453 e. The van der Waals surface area contributed by atoms with Crippen LogP contribution < -0.4 is 4.90 Å². The van der Waals surface area contributed by atoms with Gasteiger partial charge in [-0.1, -0.05) is 0 Å². The third-order valence-electron chi connectivity index (χ3n) is 5.78. The molecule has 3 heterocycles. The summed E-state index contributed by atoms with van der Waals surface area (Å²) in [6, 6.07) is 2.28. The molecule has 2 aromatic rings. The van der Waals surface area contributed by atoms with Gasteiger partial charge in [-0.2, -0.15) is 22.7 Å². The van der Waals surface area contributed by atoms with Gasteiger partial charge in [0.1, 0.15) is 5.82 Å². The number of rotatable bonds is 1. The van der Waals surface area contributed by atoms with Crippen LogP contribution in [0.15, 0.2) is 6.07 Å². The molecule has 1 aliphatic heterocycles. The quantitative estimate of drug-likeness (QED) is 0.809. The van der Waals surface area contributed by atoms with Crippen molar-refractivity contribution in [1.82, 2.24) is 19.6 Å². The summed E-state index contributed by atoms with van der Waals surface area (Å²) in [4.78, 5) is 9.89. The van der Waals surface area contributed by atoms with E-state index in [0.717, 1.165) is 12.5 Å². The van der Waals surface area contributed by atoms with Gasteiger partial charge in [0.15, 0.2) is 0 Å². The van der Waals surface area contributed by atoms with Crippen LogP contribution in [-0.2, 0) is 6.18 Å². The molecule has 0 radical (unpaired) electrons. The van der Waals surface area contributed by atoms with Crippen molar-refractivity contribution in [2.75, 3.05) is 11.4 Å². The molecule has 0 spiro atoms. The minimum Gasteiger partial charge on any atom is -0.352 e. The minimum atomic E-state index is -4.55. The summed E-state index contributed by atoms with van der Waals surface area (Å²) >= 11 is 0. The van der Waals surface area contributed by atoms with E-state index in [4.69, 9.17) is 0 Å². The van der Waals surface area contributed by atoms with Crippen molar-refractivity contribution < 1.29 is 13.2 Å². The summed E-state index contributed by atoms with van der Waals surface area (Å²) < 4.78 is 40.0. The van der Waals surface area contributed by atoms with Crippen molar-refractivity contribution in [2.45, 2.75) is 38.4 Å². The topological polar surface area (TPSA) is 46.3 Å². The average Bonchev–Trinajstić information content (AvgIpc) is 3.08. The first kappa shape index (κ1) is 13.6. The normalized spacial score (nSPS) is 32.4. The predicted octanol–water partition coefficient (Wildman–Crippen LogP) is 2.69. The molecule has 5 rings (SSSR count). The highest BCUT2D eigenvalue weighted by atomic mass is 19.4. The van der Waals surface area contributed by atoms with Crippen LogP contribution in [0, 0.1) is 24.7 Å². The number of fused-ring (bicyclic) bond motifs is 6. The number of nitrogens with zero attached hydrogens (tertiary/aromatic N) is 5. The fourth-order valence-corrected chi connectivity index (χ4v) is 4.87. The molecule has 4 atom stereocenters. The molecule has 0 aromatic carbocycles. The zero-order valence-corrected chi connectivity index (χ0v) is 12.6. The van der Waals surface area contributed by atoms with Crippen LogP contribution in [0.3, 0.4) is 0 Å². The molecule has 5 nitrogen and oxygen atoms in total. The van der Waals surface area contributed by atoms with Crippen molar-refractivity contribution in [3.63, 3.8) is 0 Å². The smallest absolute Gasteiger partial charge is 0.352 e. The monoisotopic (exact) mass is 323 g/mol. The second kappa shape index (κ2) is 4.15. The maximum atomic E-state index is 12.9. The number of anilines is 1. The van der Waals surface area contributed by atoms with E-state index in [2.05, 4.69) is 20.0 Å². The Morgan fingerprint density at radius 3 is 2.70 bits per heavy atom. The molecule has 3 fully saturated rings. The molecule has 0 N–H and O–H groups in total. The van der Waals surface area contributed by atoms with Crippen molar-refractivity contribution in [3.05, 3.63) is 17.6 Å². The summed E-state index contributed by atoms with van der Waals surface area (Å²) in [7, 11) is 0. The molecular weight excluding hydrogens is 307 g/mol. The first-order valence-electron chi connectivity index (χ1n) is 8.00. The Balaban J connectivity index is 1.60. The second-order valence-corrected chi connectivity index (χ2v) is 7.04. The van der Waals surface area contributed by atoms with Gasteiger partial charge in [-0.25, -0.2) is 4.98 Å². The van der Waals surface area contributed by atoms with Gasteiger partial charge in [-0.05, 0) is 43.9 Å². The first-order valence-corrected chi connectivity index (χ1v) is 8.00. The Hall–Kier alpha value is -1.86. The van der Waals surface area contributed by atoms with E-state index in [1.165, 1.54) is 23.8 Å². The highest BCUT2D eigenvalue weighted by molar-refractivity contribution is 5.52. The second-order valence-electron chi connectivity index (χ2n) is 7.04. The minimum absolute atomic E-state index is 0.0268.